The molecule has 4 heteroatoms. The highest BCUT2D eigenvalue weighted by Crippen LogP contribution is 2.17. The Morgan fingerprint density at radius 2 is 2.07 bits per heavy atom. The van der Waals surface area contributed by atoms with E-state index in [1.807, 2.05) is 6.07 Å². The number of carbonyl (C=O) groups excluding carboxylic acids is 1. The number of aliphatic imine (C=N–C) groups is 1. The van der Waals surface area contributed by atoms with Gasteiger partial charge in [0.1, 0.15) is 0 Å². The third kappa shape index (κ3) is 2.53. The van der Waals surface area contributed by atoms with E-state index in [1.54, 1.807) is 24.3 Å². The Morgan fingerprint density at radius 3 is 2.57 bits per heavy atom. The summed E-state index contributed by atoms with van der Waals surface area (Å²) in [7, 11) is 0. The summed E-state index contributed by atoms with van der Waals surface area (Å²) in [6.45, 7) is 0. The highest BCUT2D eigenvalue weighted by atomic mass is 16.1. The van der Waals surface area contributed by atoms with Gasteiger partial charge >= 0.3 is 0 Å². The molecule has 0 aromatic heterocycles. The quantitative estimate of drug-likeness (QED) is 0.576. The number of hydrogen-bond acceptors (Lipinski definition) is 4. The molecular weight excluding hydrogens is 178 g/mol. The van der Waals surface area contributed by atoms with E-state index in [2.05, 4.69) is 4.99 Å². The second-order valence-corrected chi connectivity index (χ2v) is 2.76. The Kier molecular flexibility index (Phi) is 3.57. The molecule has 0 amide bonds. The zero-order valence-corrected chi connectivity index (χ0v) is 7.47. The number of nitrogens with two attached hydrogens (primary N) is 1. The van der Waals surface area contributed by atoms with Gasteiger partial charge in [-0.05, 0) is 17.7 Å². The smallest absolute Gasteiger partial charge is 0.240 e. The minimum absolute atomic E-state index is 0.274. The molecule has 0 heterocycles. The molecule has 70 valence electrons. The van der Waals surface area contributed by atoms with Crippen molar-refractivity contribution < 1.29 is 4.79 Å². The zero-order chi connectivity index (χ0) is 10.4. The van der Waals surface area contributed by atoms with Gasteiger partial charge in [-0.15, -0.1) is 0 Å². The Labute approximate surface area is 81.7 Å². The third-order valence-corrected chi connectivity index (χ3v) is 1.81. The first-order chi connectivity index (χ1) is 6.77. The second kappa shape index (κ2) is 4.93. The van der Waals surface area contributed by atoms with Gasteiger partial charge in [-0.25, -0.2) is 4.79 Å². The van der Waals surface area contributed by atoms with Gasteiger partial charge in [-0.2, -0.15) is 10.3 Å². The number of nitrogens with zero attached hydrogens (tertiary/aromatic N) is 2. The van der Waals surface area contributed by atoms with E-state index >= 15 is 0 Å². The second-order valence-electron chi connectivity index (χ2n) is 2.76. The van der Waals surface area contributed by atoms with Crippen molar-refractivity contribution in [1.29, 1.82) is 5.26 Å². The molecule has 0 bridgehead atoms. The van der Waals surface area contributed by atoms with Gasteiger partial charge in [-0.1, -0.05) is 12.1 Å². The summed E-state index contributed by atoms with van der Waals surface area (Å²) in [6, 6.07) is 8.54. The van der Waals surface area contributed by atoms with Gasteiger partial charge in [0.15, 0.2) is 0 Å². The lowest BCUT2D eigenvalue weighted by molar-refractivity contribution is 0.565. The van der Waals surface area contributed by atoms with E-state index in [0.717, 1.165) is 5.56 Å². The summed E-state index contributed by atoms with van der Waals surface area (Å²) in [5.41, 5.74) is 7.09. The van der Waals surface area contributed by atoms with Crippen LogP contribution < -0.4 is 5.73 Å². The summed E-state index contributed by atoms with van der Waals surface area (Å²) in [6.07, 6.45) is 1.72. The topological polar surface area (TPSA) is 79.2 Å². The van der Waals surface area contributed by atoms with Crippen molar-refractivity contribution in [3.63, 3.8) is 0 Å². The minimum Gasteiger partial charge on any atom is -0.323 e. The van der Waals surface area contributed by atoms with Gasteiger partial charge in [0.2, 0.25) is 6.08 Å². The van der Waals surface area contributed by atoms with Crippen LogP contribution in [0.1, 0.15) is 18.0 Å². The van der Waals surface area contributed by atoms with Crippen LogP contribution in [0.3, 0.4) is 0 Å². The summed E-state index contributed by atoms with van der Waals surface area (Å²) < 4.78 is 0. The van der Waals surface area contributed by atoms with Crippen molar-refractivity contribution in [1.82, 2.24) is 0 Å². The first kappa shape index (κ1) is 10.1. The Hall–Kier alpha value is -1.95. The lowest BCUT2D eigenvalue weighted by atomic mass is 10.1. The number of benzene rings is 1. The highest BCUT2D eigenvalue weighted by molar-refractivity contribution is 5.49. The fourth-order valence-electron chi connectivity index (χ4n) is 1.06. The molecule has 1 atom stereocenters. The summed E-state index contributed by atoms with van der Waals surface area (Å²) in [4.78, 5) is 13.4. The normalized spacial score (nSPS) is 11.1. The van der Waals surface area contributed by atoms with Gasteiger partial charge in [0, 0.05) is 6.04 Å². The average molecular weight is 187 g/mol. The van der Waals surface area contributed by atoms with Crippen LogP contribution in [-0.2, 0) is 4.79 Å². The molecule has 0 aliphatic heterocycles. The standard InChI is InChI=1S/C10H9N3O/c11-6-5-10(12)8-1-3-9(4-2-8)13-7-14/h1-4,10H,5,12H2. The lowest BCUT2D eigenvalue weighted by Crippen LogP contribution is -2.08. The van der Waals surface area contributed by atoms with Crippen molar-refractivity contribution in [3.05, 3.63) is 29.8 Å². The Morgan fingerprint density at radius 1 is 1.43 bits per heavy atom. The average Bonchev–Trinajstić information content (AvgIpc) is 2.20. The summed E-state index contributed by atoms with van der Waals surface area (Å²) in [5, 5.41) is 8.44. The molecule has 0 saturated heterocycles. The van der Waals surface area contributed by atoms with Crippen molar-refractivity contribution in [2.75, 3.05) is 0 Å². The van der Waals surface area contributed by atoms with Gasteiger partial charge < -0.3 is 5.73 Å². The largest absolute Gasteiger partial charge is 0.323 e. The van der Waals surface area contributed by atoms with Crippen LogP contribution in [-0.4, -0.2) is 6.08 Å². The van der Waals surface area contributed by atoms with Crippen LogP contribution in [0.25, 0.3) is 0 Å². The van der Waals surface area contributed by atoms with E-state index in [4.69, 9.17) is 11.0 Å². The van der Waals surface area contributed by atoms with E-state index < -0.39 is 0 Å². The number of isocyanates is 1. The van der Waals surface area contributed by atoms with E-state index in [1.165, 1.54) is 6.08 Å². The molecule has 1 unspecified atom stereocenters. The number of nitriles is 1. The Balaban J connectivity index is 2.83. The molecule has 0 aliphatic carbocycles. The molecule has 0 radical (unpaired) electrons. The van der Waals surface area contributed by atoms with Crippen LogP contribution in [0.15, 0.2) is 29.3 Å². The number of hydrogen-bond donors (Lipinski definition) is 1. The third-order valence-electron chi connectivity index (χ3n) is 1.81. The number of rotatable bonds is 3. The SMILES string of the molecule is N#CCC(N)c1ccc(N=C=O)cc1. The first-order valence-electron chi connectivity index (χ1n) is 4.08. The summed E-state index contributed by atoms with van der Waals surface area (Å²) >= 11 is 0. The van der Waals surface area contributed by atoms with E-state index in [0.29, 0.717) is 5.69 Å². The maximum Gasteiger partial charge on any atom is 0.240 e. The predicted molar refractivity (Wildman–Crippen MR) is 51.4 cm³/mol. The molecule has 0 spiro atoms. The van der Waals surface area contributed by atoms with E-state index in [9.17, 15) is 4.79 Å². The van der Waals surface area contributed by atoms with Crippen molar-refractivity contribution in [2.45, 2.75) is 12.5 Å². The maximum atomic E-state index is 9.94. The van der Waals surface area contributed by atoms with Crippen LogP contribution in [0.2, 0.25) is 0 Å². The molecule has 0 fully saturated rings. The summed E-state index contributed by atoms with van der Waals surface area (Å²) in [5.74, 6) is 0. The molecule has 14 heavy (non-hydrogen) atoms. The van der Waals surface area contributed by atoms with Crippen molar-refractivity contribution in [3.8, 4) is 6.07 Å². The monoisotopic (exact) mass is 187 g/mol. The van der Waals surface area contributed by atoms with E-state index in [-0.39, 0.29) is 12.5 Å². The molecular formula is C10H9N3O. The molecule has 0 aliphatic rings. The molecule has 1 aromatic rings. The lowest BCUT2D eigenvalue weighted by Gasteiger charge is -2.06. The van der Waals surface area contributed by atoms with Crippen LogP contribution >= 0.6 is 0 Å². The van der Waals surface area contributed by atoms with Crippen LogP contribution in [0, 0.1) is 11.3 Å². The van der Waals surface area contributed by atoms with Crippen LogP contribution in [0.5, 0.6) is 0 Å². The van der Waals surface area contributed by atoms with Crippen molar-refractivity contribution in [2.24, 2.45) is 10.7 Å². The highest BCUT2D eigenvalue weighted by Gasteiger charge is 2.04. The Bertz CT molecular complexity index is 385. The zero-order valence-electron chi connectivity index (χ0n) is 7.47. The molecule has 2 N–H and O–H groups in total. The van der Waals surface area contributed by atoms with Crippen molar-refractivity contribution >= 4 is 11.8 Å². The minimum atomic E-state index is -0.283. The van der Waals surface area contributed by atoms with Crippen LogP contribution in [0.4, 0.5) is 5.69 Å². The van der Waals surface area contributed by atoms with Gasteiger partial charge in [-0.3, -0.25) is 0 Å². The van der Waals surface area contributed by atoms with Gasteiger partial charge in [0.05, 0.1) is 18.2 Å². The first-order valence-corrected chi connectivity index (χ1v) is 4.08. The maximum absolute atomic E-state index is 9.94. The molecule has 0 saturated carbocycles. The van der Waals surface area contributed by atoms with Gasteiger partial charge in [0.25, 0.3) is 0 Å². The molecule has 1 rings (SSSR count). The molecule has 1 aromatic carbocycles. The predicted octanol–water partition coefficient (Wildman–Crippen LogP) is 1.57. The fourth-order valence-corrected chi connectivity index (χ4v) is 1.06. The fraction of sp³-hybridized carbons (Fsp3) is 0.200. The molecule has 4 nitrogen and oxygen atoms in total.